The van der Waals surface area contributed by atoms with Crippen LogP contribution in [0.25, 0.3) is 0 Å². The van der Waals surface area contributed by atoms with Crippen LogP contribution < -0.4 is 4.90 Å². The summed E-state index contributed by atoms with van der Waals surface area (Å²) in [5.41, 5.74) is 1.63. The molecule has 134 valence electrons. The van der Waals surface area contributed by atoms with Gasteiger partial charge < -0.3 is 9.47 Å². The zero-order chi connectivity index (χ0) is 18.2. The van der Waals surface area contributed by atoms with Crippen LogP contribution in [-0.4, -0.2) is 21.6 Å². The van der Waals surface area contributed by atoms with Crippen molar-refractivity contribution in [3.8, 4) is 0 Å². The fourth-order valence-corrected chi connectivity index (χ4v) is 3.07. The third-order valence-electron chi connectivity index (χ3n) is 4.08. The summed E-state index contributed by atoms with van der Waals surface area (Å²) in [6, 6.07) is 7.17. The summed E-state index contributed by atoms with van der Waals surface area (Å²) in [7, 11) is 1.82. The summed E-state index contributed by atoms with van der Waals surface area (Å²) in [6.07, 6.45) is -3.13. The molecular weight excluding hydrogens is 353 g/mol. The van der Waals surface area contributed by atoms with E-state index in [9.17, 15) is 13.2 Å². The van der Waals surface area contributed by atoms with Crippen molar-refractivity contribution in [1.29, 1.82) is 0 Å². The Labute approximate surface area is 148 Å². The Morgan fingerprint density at radius 1 is 1.24 bits per heavy atom. The van der Waals surface area contributed by atoms with Crippen LogP contribution in [0.15, 0.2) is 35.6 Å². The molecule has 0 bridgehead atoms. The molecule has 1 aliphatic heterocycles. The molecule has 25 heavy (non-hydrogen) atoms. The van der Waals surface area contributed by atoms with E-state index in [4.69, 9.17) is 11.6 Å². The molecule has 0 N–H and O–H groups in total. The standard InChI is InChI=1S/C17H18ClF3N4/c1-11(8-17(19,20)21)7-15-23-16-14(22-10-24(16)2)9-25(15)13-5-3-12(18)4-6-13/h3-6,10-11H,7-9H2,1-2H3. The van der Waals surface area contributed by atoms with Crippen LogP contribution in [0.1, 0.15) is 25.5 Å². The smallest absolute Gasteiger partial charge is 0.324 e. The molecule has 2 heterocycles. The second-order valence-electron chi connectivity index (χ2n) is 6.34. The molecule has 0 aliphatic carbocycles. The molecule has 1 aliphatic rings. The number of rotatable bonds is 4. The molecule has 0 fully saturated rings. The molecule has 0 saturated carbocycles. The third-order valence-corrected chi connectivity index (χ3v) is 4.33. The first-order valence-electron chi connectivity index (χ1n) is 7.90. The summed E-state index contributed by atoms with van der Waals surface area (Å²) in [6.45, 7) is 2.06. The number of fused-ring (bicyclic) bond motifs is 1. The SMILES string of the molecule is CC(CC1=Nc2c(ncn2C)CN1c1ccc(Cl)cc1)CC(F)(F)F. The molecule has 1 atom stereocenters. The minimum Gasteiger partial charge on any atom is -0.324 e. The van der Waals surface area contributed by atoms with Crippen molar-refractivity contribution in [2.75, 3.05) is 4.90 Å². The van der Waals surface area contributed by atoms with Crippen LogP contribution in [0.2, 0.25) is 5.02 Å². The number of halogens is 4. The predicted molar refractivity (Wildman–Crippen MR) is 92.4 cm³/mol. The Morgan fingerprint density at radius 2 is 1.92 bits per heavy atom. The van der Waals surface area contributed by atoms with Gasteiger partial charge in [-0.3, -0.25) is 0 Å². The number of aryl methyl sites for hydroxylation is 1. The molecule has 4 nitrogen and oxygen atoms in total. The van der Waals surface area contributed by atoms with Crippen LogP contribution in [0, 0.1) is 5.92 Å². The molecule has 1 aromatic heterocycles. The topological polar surface area (TPSA) is 33.4 Å². The highest BCUT2D eigenvalue weighted by Crippen LogP contribution is 2.33. The van der Waals surface area contributed by atoms with E-state index in [1.807, 2.05) is 24.1 Å². The molecule has 1 unspecified atom stereocenters. The lowest BCUT2D eigenvalue weighted by molar-refractivity contribution is -0.142. The van der Waals surface area contributed by atoms with Crippen molar-refractivity contribution in [1.82, 2.24) is 9.55 Å². The number of amidine groups is 1. The lowest BCUT2D eigenvalue weighted by Gasteiger charge is -2.30. The second kappa shape index (κ2) is 6.71. The zero-order valence-electron chi connectivity index (χ0n) is 13.9. The van der Waals surface area contributed by atoms with Crippen LogP contribution in [0.4, 0.5) is 24.7 Å². The van der Waals surface area contributed by atoms with Crippen LogP contribution in [0.5, 0.6) is 0 Å². The maximum Gasteiger partial charge on any atom is 0.389 e. The van der Waals surface area contributed by atoms with Gasteiger partial charge >= 0.3 is 6.18 Å². The van der Waals surface area contributed by atoms with E-state index in [1.54, 1.807) is 30.0 Å². The fraction of sp³-hybridized carbons (Fsp3) is 0.412. The molecule has 0 amide bonds. The van der Waals surface area contributed by atoms with Crippen molar-refractivity contribution >= 4 is 28.9 Å². The number of aliphatic imine (C=N–C) groups is 1. The highest BCUT2D eigenvalue weighted by atomic mass is 35.5. The number of hydrogen-bond acceptors (Lipinski definition) is 3. The van der Waals surface area contributed by atoms with E-state index in [1.165, 1.54) is 0 Å². The first-order chi connectivity index (χ1) is 11.7. The molecule has 8 heteroatoms. The Kier molecular flexibility index (Phi) is 4.77. The van der Waals surface area contributed by atoms with Gasteiger partial charge in [0.15, 0.2) is 5.82 Å². The van der Waals surface area contributed by atoms with Crippen molar-refractivity contribution in [2.24, 2.45) is 18.0 Å². The van der Waals surface area contributed by atoms with E-state index in [2.05, 4.69) is 9.98 Å². The summed E-state index contributed by atoms with van der Waals surface area (Å²) in [5, 5.41) is 0.600. The van der Waals surface area contributed by atoms with Gasteiger partial charge in [0.25, 0.3) is 0 Å². The van der Waals surface area contributed by atoms with Gasteiger partial charge in [-0.25, -0.2) is 9.98 Å². The van der Waals surface area contributed by atoms with Gasteiger partial charge in [-0.15, -0.1) is 0 Å². The van der Waals surface area contributed by atoms with Crippen molar-refractivity contribution < 1.29 is 13.2 Å². The quantitative estimate of drug-likeness (QED) is 0.750. The average Bonchev–Trinajstić information content (AvgIpc) is 2.86. The average molecular weight is 371 g/mol. The summed E-state index contributed by atoms with van der Waals surface area (Å²) < 4.78 is 39.9. The molecule has 0 spiro atoms. The van der Waals surface area contributed by atoms with Gasteiger partial charge in [0.1, 0.15) is 11.5 Å². The highest BCUT2D eigenvalue weighted by molar-refractivity contribution is 6.30. The van der Waals surface area contributed by atoms with Crippen LogP contribution in [-0.2, 0) is 13.6 Å². The summed E-state index contributed by atoms with van der Waals surface area (Å²) in [5.74, 6) is 0.734. The van der Waals surface area contributed by atoms with E-state index in [-0.39, 0.29) is 6.42 Å². The lowest BCUT2D eigenvalue weighted by atomic mass is 10.0. The molecule has 0 saturated heterocycles. The molecule has 2 aromatic rings. The number of imidazole rings is 1. The normalized spacial score (nSPS) is 15.8. The van der Waals surface area contributed by atoms with E-state index in [0.717, 1.165) is 11.4 Å². The van der Waals surface area contributed by atoms with Crippen LogP contribution >= 0.6 is 11.6 Å². The molecule has 1 aromatic carbocycles. The molecule has 3 rings (SSSR count). The molecule has 0 radical (unpaired) electrons. The van der Waals surface area contributed by atoms with Crippen molar-refractivity contribution in [3.63, 3.8) is 0 Å². The van der Waals surface area contributed by atoms with Crippen LogP contribution in [0.3, 0.4) is 0 Å². The summed E-state index contributed by atoms with van der Waals surface area (Å²) >= 11 is 5.94. The molecular formula is C17H18ClF3N4. The number of alkyl halides is 3. The number of aromatic nitrogens is 2. The first-order valence-corrected chi connectivity index (χ1v) is 8.28. The minimum atomic E-state index is -4.18. The predicted octanol–water partition coefficient (Wildman–Crippen LogP) is 5.10. The maximum atomic E-state index is 12.7. The summed E-state index contributed by atoms with van der Waals surface area (Å²) in [4.78, 5) is 10.8. The van der Waals surface area contributed by atoms with Gasteiger partial charge in [0.2, 0.25) is 0 Å². The second-order valence-corrected chi connectivity index (χ2v) is 6.78. The Balaban J connectivity index is 1.92. The Morgan fingerprint density at radius 3 is 2.56 bits per heavy atom. The first kappa shape index (κ1) is 17.8. The highest BCUT2D eigenvalue weighted by Gasteiger charge is 2.32. The van der Waals surface area contributed by atoms with E-state index < -0.39 is 18.5 Å². The number of anilines is 1. The van der Waals surface area contributed by atoms with Crippen molar-refractivity contribution in [3.05, 3.63) is 41.3 Å². The van der Waals surface area contributed by atoms with Gasteiger partial charge in [0, 0.05) is 30.6 Å². The van der Waals surface area contributed by atoms with Crippen molar-refractivity contribution in [2.45, 2.75) is 32.5 Å². The number of nitrogens with zero attached hydrogens (tertiary/aromatic N) is 4. The number of benzene rings is 1. The van der Waals surface area contributed by atoms with Gasteiger partial charge in [-0.2, -0.15) is 13.2 Å². The maximum absolute atomic E-state index is 12.7. The third kappa shape index (κ3) is 4.15. The largest absolute Gasteiger partial charge is 0.389 e. The Hall–Kier alpha value is -2.02. The lowest BCUT2D eigenvalue weighted by Crippen LogP contribution is -2.34. The van der Waals surface area contributed by atoms with Gasteiger partial charge in [-0.1, -0.05) is 18.5 Å². The van der Waals surface area contributed by atoms with Gasteiger partial charge in [0.05, 0.1) is 12.9 Å². The number of hydrogen-bond donors (Lipinski definition) is 0. The zero-order valence-corrected chi connectivity index (χ0v) is 14.6. The fourth-order valence-electron chi connectivity index (χ4n) is 2.95. The minimum absolute atomic E-state index is 0.229. The van der Waals surface area contributed by atoms with E-state index >= 15 is 0 Å². The van der Waals surface area contributed by atoms with E-state index in [0.29, 0.717) is 23.2 Å². The van der Waals surface area contributed by atoms with Gasteiger partial charge in [-0.05, 0) is 30.2 Å². The Bertz CT molecular complexity index is 780. The monoisotopic (exact) mass is 370 g/mol.